The Labute approximate surface area is 115 Å². The second-order valence-corrected chi connectivity index (χ2v) is 5.84. The van der Waals surface area contributed by atoms with Gasteiger partial charge < -0.3 is 10.2 Å². The van der Waals surface area contributed by atoms with Gasteiger partial charge in [-0.15, -0.1) is 0 Å². The van der Waals surface area contributed by atoms with Crippen LogP contribution in [0.25, 0.3) is 0 Å². The molecule has 1 saturated carbocycles. The fraction of sp³-hybridized carbons (Fsp3) is 0.733. The molecule has 1 N–H and O–H groups in total. The van der Waals surface area contributed by atoms with Crippen LogP contribution in [0.4, 0.5) is 5.95 Å². The Kier molecular flexibility index (Phi) is 3.97. The largest absolute Gasteiger partial charge is 0.337 e. The number of anilines is 1. The maximum atomic E-state index is 4.62. The number of rotatable bonds is 4. The molecular weight excluding hydrogens is 236 g/mol. The van der Waals surface area contributed by atoms with Crippen LogP contribution in [0.1, 0.15) is 50.0 Å². The fourth-order valence-electron chi connectivity index (χ4n) is 3.50. The Morgan fingerprint density at radius 2 is 1.89 bits per heavy atom. The van der Waals surface area contributed by atoms with Crippen LogP contribution >= 0.6 is 0 Å². The number of hydrogen-bond donors (Lipinski definition) is 1. The smallest absolute Gasteiger partial charge is 0.225 e. The highest BCUT2D eigenvalue weighted by Gasteiger charge is 2.26. The molecule has 2 aliphatic rings. The lowest BCUT2D eigenvalue weighted by molar-refractivity contribution is 0.606. The lowest BCUT2D eigenvalue weighted by atomic mass is 10.0. The van der Waals surface area contributed by atoms with Crippen LogP contribution in [0.5, 0.6) is 0 Å². The highest BCUT2D eigenvalue weighted by atomic mass is 15.3. The highest BCUT2D eigenvalue weighted by molar-refractivity contribution is 5.34. The van der Waals surface area contributed by atoms with Crippen molar-refractivity contribution < 1.29 is 0 Å². The molecule has 19 heavy (non-hydrogen) atoms. The van der Waals surface area contributed by atoms with E-state index in [9.17, 15) is 0 Å². The molecule has 4 nitrogen and oxygen atoms in total. The van der Waals surface area contributed by atoms with Gasteiger partial charge in [-0.2, -0.15) is 0 Å². The number of likely N-dealkylation sites (N-methyl/N-ethyl adjacent to an activating group) is 1. The van der Waals surface area contributed by atoms with Crippen molar-refractivity contribution in [3.8, 4) is 0 Å². The van der Waals surface area contributed by atoms with Gasteiger partial charge in [-0.05, 0) is 44.2 Å². The molecule has 0 aromatic carbocycles. The fourth-order valence-corrected chi connectivity index (χ4v) is 3.50. The van der Waals surface area contributed by atoms with Gasteiger partial charge in [0, 0.05) is 31.5 Å². The molecule has 0 bridgehead atoms. The second-order valence-electron chi connectivity index (χ2n) is 5.84. The van der Waals surface area contributed by atoms with Crippen molar-refractivity contribution in [2.75, 3.05) is 25.0 Å². The third kappa shape index (κ3) is 2.73. The van der Waals surface area contributed by atoms with E-state index in [2.05, 4.69) is 32.6 Å². The summed E-state index contributed by atoms with van der Waals surface area (Å²) in [5.41, 5.74) is 1.34. The van der Waals surface area contributed by atoms with E-state index in [1.165, 1.54) is 44.1 Å². The predicted octanol–water partition coefficient (Wildman–Crippen LogP) is 2.32. The molecule has 0 spiro atoms. The standard InChI is InChI=1S/C15H24N4/c1-16-11-14-7-4-8-19(14)15-17-9-13(10-18-15)12-5-2-3-6-12/h9-10,12,14,16H,2-8,11H2,1H3. The SMILES string of the molecule is CNCC1CCCN1c1ncc(C2CCCC2)cn1. The van der Waals surface area contributed by atoms with E-state index in [0.29, 0.717) is 12.0 Å². The average molecular weight is 260 g/mol. The predicted molar refractivity (Wildman–Crippen MR) is 77.5 cm³/mol. The summed E-state index contributed by atoms with van der Waals surface area (Å²) in [5.74, 6) is 1.63. The maximum absolute atomic E-state index is 4.62. The Morgan fingerprint density at radius 3 is 2.58 bits per heavy atom. The maximum Gasteiger partial charge on any atom is 0.225 e. The van der Waals surface area contributed by atoms with E-state index < -0.39 is 0 Å². The molecule has 1 unspecified atom stereocenters. The Bertz CT molecular complexity index is 397. The van der Waals surface area contributed by atoms with Crippen LogP contribution in [-0.4, -0.2) is 36.1 Å². The van der Waals surface area contributed by atoms with Gasteiger partial charge in [-0.3, -0.25) is 0 Å². The van der Waals surface area contributed by atoms with E-state index in [1.807, 2.05) is 7.05 Å². The van der Waals surface area contributed by atoms with Crippen molar-refractivity contribution in [3.05, 3.63) is 18.0 Å². The van der Waals surface area contributed by atoms with Crippen molar-refractivity contribution >= 4 is 5.95 Å². The Balaban J connectivity index is 1.71. The number of nitrogens with one attached hydrogen (secondary N) is 1. The molecule has 0 amide bonds. The molecule has 1 aromatic rings. The molecule has 1 atom stereocenters. The highest BCUT2D eigenvalue weighted by Crippen LogP contribution is 2.33. The Morgan fingerprint density at radius 1 is 1.16 bits per heavy atom. The van der Waals surface area contributed by atoms with Gasteiger partial charge in [0.15, 0.2) is 0 Å². The van der Waals surface area contributed by atoms with Crippen molar-refractivity contribution in [2.24, 2.45) is 0 Å². The lowest BCUT2D eigenvalue weighted by Gasteiger charge is -2.24. The van der Waals surface area contributed by atoms with Gasteiger partial charge in [-0.1, -0.05) is 12.8 Å². The molecule has 1 aliphatic heterocycles. The zero-order valence-corrected chi connectivity index (χ0v) is 11.8. The monoisotopic (exact) mass is 260 g/mol. The van der Waals surface area contributed by atoms with Gasteiger partial charge in [0.05, 0.1) is 0 Å². The summed E-state index contributed by atoms with van der Waals surface area (Å²) in [7, 11) is 2.01. The molecule has 0 radical (unpaired) electrons. The summed E-state index contributed by atoms with van der Waals surface area (Å²) in [6, 6.07) is 0.558. The van der Waals surface area contributed by atoms with Crippen LogP contribution < -0.4 is 10.2 Å². The topological polar surface area (TPSA) is 41.0 Å². The van der Waals surface area contributed by atoms with Crippen molar-refractivity contribution in [3.63, 3.8) is 0 Å². The van der Waals surface area contributed by atoms with Crippen LogP contribution in [0.2, 0.25) is 0 Å². The van der Waals surface area contributed by atoms with Crippen molar-refractivity contribution in [1.82, 2.24) is 15.3 Å². The zero-order valence-electron chi connectivity index (χ0n) is 11.8. The first-order chi connectivity index (χ1) is 9.38. The van der Waals surface area contributed by atoms with Crippen LogP contribution in [0, 0.1) is 0 Å². The summed E-state index contributed by atoms with van der Waals surface area (Å²) in [4.78, 5) is 11.6. The molecule has 4 heteroatoms. The van der Waals surface area contributed by atoms with E-state index in [-0.39, 0.29) is 0 Å². The number of hydrogen-bond acceptors (Lipinski definition) is 4. The van der Waals surface area contributed by atoms with Gasteiger partial charge in [-0.25, -0.2) is 9.97 Å². The molecular formula is C15H24N4. The Hall–Kier alpha value is -1.16. The summed E-state index contributed by atoms with van der Waals surface area (Å²) in [6.07, 6.45) is 12.0. The molecule has 1 aromatic heterocycles. The average Bonchev–Trinajstić information content (AvgIpc) is 3.10. The summed E-state index contributed by atoms with van der Waals surface area (Å²) >= 11 is 0. The zero-order chi connectivity index (χ0) is 13.1. The molecule has 104 valence electrons. The first kappa shape index (κ1) is 12.9. The molecule has 2 fully saturated rings. The van der Waals surface area contributed by atoms with Crippen LogP contribution in [0.3, 0.4) is 0 Å². The van der Waals surface area contributed by atoms with E-state index in [1.54, 1.807) is 0 Å². The van der Waals surface area contributed by atoms with E-state index >= 15 is 0 Å². The second kappa shape index (κ2) is 5.87. The van der Waals surface area contributed by atoms with E-state index in [4.69, 9.17) is 0 Å². The normalized spacial score (nSPS) is 24.3. The first-order valence-corrected chi connectivity index (χ1v) is 7.61. The minimum atomic E-state index is 0.558. The van der Waals surface area contributed by atoms with Crippen molar-refractivity contribution in [2.45, 2.75) is 50.5 Å². The first-order valence-electron chi connectivity index (χ1n) is 7.61. The minimum absolute atomic E-state index is 0.558. The summed E-state index contributed by atoms with van der Waals surface area (Å²) < 4.78 is 0. The summed E-state index contributed by atoms with van der Waals surface area (Å²) in [5, 5.41) is 3.27. The molecule has 2 heterocycles. The van der Waals surface area contributed by atoms with Gasteiger partial charge in [0.1, 0.15) is 0 Å². The van der Waals surface area contributed by atoms with Gasteiger partial charge in [0.25, 0.3) is 0 Å². The minimum Gasteiger partial charge on any atom is -0.337 e. The molecule has 1 aliphatic carbocycles. The lowest BCUT2D eigenvalue weighted by Crippen LogP contribution is -2.37. The van der Waals surface area contributed by atoms with Crippen LogP contribution in [-0.2, 0) is 0 Å². The molecule has 1 saturated heterocycles. The third-order valence-corrected chi connectivity index (χ3v) is 4.56. The quantitative estimate of drug-likeness (QED) is 0.902. The van der Waals surface area contributed by atoms with Gasteiger partial charge >= 0.3 is 0 Å². The third-order valence-electron chi connectivity index (χ3n) is 4.56. The van der Waals surface area contributed by atoms with Crippen molar-refractivity contribution in [1.29, 1.82) is 0 Å². The summed E-state index contributed by atoms with van der Waals surface area (Å²) in [6.45, 7) is 2.11. The number of aromatic nitrogens is 2. The van der Waals surface area contributed by atoms with Gasteiger partial charge in [0.2, 0.25) is 5.95 Å². The number of nitrogens with zero attached hydrogens (tertiary/aromatic N) is 3. The molecule has 3 rings (SSSR count). The van der Waals surface area contributed by atoms with Crippen LogP contribution in [0.15, 0.2) is 12.4 Å². The van der Waals surface area contributed by atoms with E-state index in [0.717, 1.165) is 19.0 Å².